The molecule has 6 nitrogen and oxygen atoms in total. The van der Waals surface area contributed by atoms with Crippen LogP contribution in [0.25, 0.3) is 0 Å². The normalized spacial score (nSPS) is 24.6. The summed E-state index contributed by atoms with van der Waals surface area (Å²) in [5, 5.41) is 0. The van der Waals surface area contributed by atoms with Crippen LogP contribution in [0.15, 0.2) is 0 Å². The summed E-state index contributed by atoms with van der Waals surface area (Å²) >= 11 is 0. The summed E-state index contributed by atoms with van der Waals surface area (Å²) in [6.07, 6.45) is 2.97. The van der Waals surface area contributed by atoms with Crippen LogP contribution in [0.5, 0.6) is 0 Å². The molecule has 0 aromatic heterocycles. The fourth-order valence-electron chi connectivity index (χ4n) is 2.75. The second-order valence-electron chi connectivity index (χ2n) is 5.95. The first-order valence-electron chi connectivity index (χ1n) is 7.00. The van der Waals surface area contributed by atoms with Crippen LogP contribution >= 0.6 is 0 Å². The molecule has 1 saturated heterocycles. The molecule has 0 radical (unpaired) electrons. The van der Waals surface area contributed by atoms with Crippen LogP contribution in [0.1, 0.15) is 26.2 Å². The highest BCUT2D eigenvalue weighted by atomic mass is 16.2. The van der Waals surface area contributed by atoms with Crippen molar-refractivity contribution in [2.75, 3.05) is 32.7 Å². The molecule has 108 valence electrons. The predicted molar refractivity (Wildman–Crippen MR) is 72.1 cm³/mol. The van der Waals surface area contributed by atoms with E-state index in [1.807, 2.05) is 16.7 Å². The Bertz CT molecular complexity index is 366. The van der Waals surface area contributed by atoms with Crippen molar-refractivity contribution in [2.24, 2.45) is 17.4 Å². The third-order valence-electron chi connectivity index (χ3n) is 4.14. The molecule has 1 unspecified atom stereocenters. The van der Waals surface area contributed by atoms with Crippen LogP contribution in [0.4, 0.5) is 0 Å². The highest BCUT2D eigenvalue weighted by molar-refractivity contribution is 5.86. The van der Waals surface area contributed by atoms with Crippen molar-refractivity contribution >= 4 is 11.8 Å². The molecule has 4 N–H and O–H groups in total. The Labute approximate surface area is 114 Å². The smallest absolute Gasteiger partial charge is 0.242 e. The van der Waals surface area contributed by atoms with Crippen LogP contribution in [0.2, 0.25) is 0 Å². The second-order valence-corrected chi connectivity index (χ2v) is 5.95. The number of carbonyl (C=O) groups is 2. The molecule has 2 rings (SSSR count). The molecular weight excluding hydrogens is 244 g/mol. The third kappa shape index (κ3) is 3.45. The zero-order chi connectivity index (χ0) is 14.0. The molecule has 1 saturated carbocycles. The highest BCUT2D eigenvalue weighted by Crippen LogP contribution is 2.39. The lowest BCUT2D eigenvalue weighted by Crippen LogP contribution is -2.55. The van der Waals surface area contributed by atoms with E-state index in [0.717, 1.165) is 25.8 Å². The minimum absolute atomic E-state index is 0.0518. The maximum atomic E-state index is 12.5. The molecule has 1 atom stereocenters. The van der Waals surface area contributed by atoms with Crippen molar-refractivity contribution in [3.05, 3.63) is 0 Å². The van der Waals surface area contributed by atoms with E-state index >= 15 is 0 Å². The van der Waals surface area contributed by atoms with Crippen LogP contribution < -0.4 is 11.5 Å². The number of rotatable bonds is 4. The average Bonchev–Trinajstić information content (AvgIpc) is 3.14. The van der Waals surface area contributed by atoms with Crippen molar-refractivity contribution in [3.8, 4) is 0 Å². The monoisotopic (exact) mass is 268 g/mol. The van der Waals surface area contributed by atoms with Crippen LogP contribution in [-0.2, 0) is 9.59 Å². The number of primary amides is 1. The van der Waals surface area contributed by atoms with E-state index in [2.05, 4.69) is 0 Å². The Morgan fingerprint density at radius 2 is 1.89 bits per heavy atom. The largest absolute Gasteiger partial charge is 0.369 e. The zero-order valence-electron chi connectivity index (χ0n) is 11.6. The van der Waals surface area contributed by atoms with Gasteiger partial charge in [-0.2, -0.15) is 0 Å². The Hall–Kier alpha value is -1.14. The summed E-state index contributed by atoms with van der Waals surface area (Å²) in [6, 6.07) is 0. The molecule has 0 bridgehead atoms. The van der Waals surface area contributed by atoms with E-state index < -0.39 is 5.54 Å². The molecule has 6 heteroatoms. The molecule has 0 spiro atoms. The van der Waals surface area contributed by atoms with E-state index in [1.165, 1.54) is 0 Å². The molecule has 19 heavy (non-hydrogen) atoms. The van der Waals surface area contributed by atoms with Crippen molar-refractivity contribution in [1.29, 1.82) is 0 Å². The van der Waals surface area contributed by atoms with E-state index in [1.54, 1.807) is 0 Å². The van der Waals surface area contributed by atoms with Crippen molar-refractivity contribution in [1.82, 2.24) is 9.80 Å². The first-order valence-corrected chi connectivity index (χ1v) is 7.00. The fourth-order valence-corrected chi connectivity index (χ4v) is 2.75. The van der Waals surface area contributed by atoms with Gasteiger partial charge in [-0.1, -0.05) is 0 Å². The number of nitrogens with two attached hydrogens (primary N) is 2. The van der Waals surface area contributed by atoms with Gasteiger partial charge in [-0.3, -0.25) is 14.5 Å². The van der Waals surface area contributed by atoms with Crippen LogP contribution in [0.3, 0.4) is 0 Å². The molecular formula is C13H24N4O2. The van der Waals surface area contributed by atoms with Gasteiger partial charge in [0, 0.05) is 26.2 Å². The van der Waals surface area contributed by atoms with Gasteiger partial charge >= 0.3 is 0 Å². The van der Waals surface area contributed by atoms with Gasteiger partial charge in [0.2, 0.25) is 11.8 Å². The minimum atomic E-state index is -0.723. The minimum Gasteiger partial charge on any atom is -0.369 e. The van der Waals surface area contributed by atoms with Crippen molar-refractivity contribution in [3.63, 3.8) is 0 Å². The molecule has 2 amide bonds. The fraction of sp³-hybridized carbons (Fsp3) is 0.846. The number of hydrogen-bond acceptors (Lipinski definition) is 4. The SMILES string of the molecule is CC(N)(C(=O)N1CCCN(CC(N)=O)CC1)C1CC1. The Morgan fingerprint density at radius 3 is 2.47 bits per heavy atom. The van der Waals surface area contributed by atoms with E-state index in [9.17, 15) is 9.59 Å². The number of carbonyl (C=O) groups excluding carboxylic acids is 2. The topological polar surface area (TPSA) is 92.7 Å². The van der Waals surface area contributed by atoms with Gasteiger partial charge in [0.15, 0.2) is 0 Å². The first kappa shape index (κ1) is 14.3. The van der Waals surface area contributed by atoms with Gasteiger partial charge in [0.1, 0.15) is 0 Å². The van der Waals surface area contributed by atoms with Gasteiger partial charge in [-0.15, -0.1) is 0 Å². The predicted octanol–water partition coefficient (Wildman–Crippen LogP) is -0.867. The summed E-state index contributed by atoms with van der Waals surface area (Å²) in [4.78, 5) is 27.3. The summed E-state index contributed by atoms with van der Waals surface area (Å²) in [6.45, 7) is 4.95. The quantitative estimate of drug-likeness (QED) is 0.693. The summed E-state index contributed by atoms with van der Waals surface area (Å²) < 4.78 is 0. The molecule has 1 aliphatic heterocycles. The first-order chi connectivity index (χ1) is 8.91. The van der Waals surface area contributed by atoms with Gasteiger partial charge < -0.3 is 16.4 Å². The zero-order valence-corrected chi connectivity index (χ0v) is 11.6. The Morgan fingerprint density at radius 1 is 1.21 bits per heavy atom. The van der Waals surface area contributed by atoms with Gasteiger partial charge in [-0.25, -0.2) is 0 Å². The van der Waals surface area contributed by atoms with E-state index in [0.29, 0.717) is 25.6 Å². The van der Waals surface area contributed by atoms with Crippen LogP contribution in [-0.4, -0.2) is 59.9 Å². The lowest BCUT2D eigenvalue weighted by Gasteiger charge is -2.31. The molecule has 1 heterocycles. The van der Waals surface area contributed by atoms with Crippen molar-refractivity contribution < 1.29 is 9.59 Å². The molecule has 2 fully saturated rings. The number of hydrogen-bond donors (Lipinski definition) is 2. The van der Waals surface area contributed by atoms with Gasteiger partial charge in [-0.05, 0) is 32.1 Å². The third-order valence-corrected chi connectivity index (χ3v) is 4.14. The molecule has 2 aliphatic rings. The van der Waals surface area contributed by atoms with Crippen molar-refractivity contribution in [2.45, 2.75) is 31.7 Å². The maximum absolute atomic E-state index is 12.5. The second kappa shape index (κ2) is 5.46. The van der Waals surface area contributed by atoms with E-state index in [-0.39, 0.29) is 18.4 Å². The number of nitrogens with zero attached hydrogens (tertiary/aromatic N) is 2. The maximum Gasteiger partial charge on any atom is 0.242 e. The Kier molecular flexibility index (Phi) is 4.10. The number of amides is 2. The molecule has 0 aromatic carbocycles. The standard InChI is InChI=1S/C13H24N4O2/c1-13(15,10-3-4-10)12(19)17-6-2-5-16(7-8-17)9-11(14)18/h10H,2-9,15H2,1H3,(H2,14,18). The summed E-state index contributed by atoms with van der Waals surface area (Å²) in [5.74, 6) is 0.0716. The Balaban J connectivity index is 1.91. The lowest BCUT2D eigenvalue weighted by molar-refractivity contribution is -0.137. The molecule has 0 aromatic rings. The molecule has 1 aliphatic carbocycles. The lowest BCUT2D eigenvalue weighted by atomic mass is 9.95. The van der Waals surface area contributed by atoms with Gasteiger partial charge in [0.25, 0.3) is 0 Å². The van der Waals surface area contributed by atoms with Crippen LogP contribution in [0, 0.1) is 5.92 Å². The van der Waals surface area contributed by atoms with Gasteiger partial charge in [0.05, 0.1) is 12.1 Å². The summed E-state index contributed by atoms with van der Waals surface area (Å²) in [5.41, 5.74) is 10.7. The average molecular weight is 268 g/mol. The summed E-state index contributed by atoms with van der Waals surface area (Å²) in [7, 11) is 0. The van der Waals surface area contributed by atoms with E-state index in [4.69, 9.17) is 11.5 Å². The highest BCUT2D eigenvalue weighted by Gasteiger charge is 2.45.